The minimum atomic E-state index is 0.713. The van der Waals surface area contributed by atoms with Crippen LogP contribution in [0, 0.1) is 5.92 Å². The summed E-state index contributed by atoms with van der Waals surface area (Å²) in [6.45, 7) is 3.78. The average molecular weight is 211 g/mol. The van der Waals surface area contributed by atoms with Crippen LogP contribution in [0.1, 0.15) is 25.7 Å². The summed E-state index contributed by atoms with van der Waals surface area (Å²) in [7, 11) is 4.36. The van der Waals surface area contributed by atoms with Gasteiger partial charge >= 0.3 is 0 Å². The lowest BCUT2D eigenvalue weighted by atomic mass is 9.92. The summed E-state index contributed by atoms with van der Waals surface area (Å²) < 4.78 is 0. The van der Waals surface area contributed by atoms with Gasteiger partial charge in [-0.15, -0.1) is 0 Å². The molecule has 3 unspecified atom stereocenters. The minimum absolute atomic E-state index is 0.713. The predicted molar refractivity (Wildman–Crippen MR) is 64.1 cm³/mol. The predicted octanol–water partition coefficient (Wildman–Crippen LogP) is 0.668. The van der Waals surface area contributed by atoms with Gasteiger partial charge in [0.2, 0.25) is 0 Å². The molecule has 0 aromatic carbocycles. The van der Waals surface area contributed by atoms with Gasteiger partial charge in [-0.2, -0.15) is 0 Å². The highest BCUT2D eigenvalue weighted by Crippen LogP contribution is 2.23. The molecule has 2 heterocycles. The first kappa shape index (κ1) is 11.4. The van der Waals surface area contributed by atoms with E-state index in [1.54, 1.807) is 0 Å². The molecule has 3 heteroatoms. The zero-order valence-corrected chi connectivity index (χ0v) is 10.1. The van der Waals surface area contributed by atoms with Crippen molar-refractivity contribution >= 4 is 0 Å². The fourth-order valence-electron chi connectivity index (χ4n) is 3.11. The van der Waals surface area contributed by atoms with E-state index in [-0.39, 0.29) is 0 Å². The monoisotopic (exact) mass is 211 g/mol. The van der Waals surface area contributed by atoms with Gasteiger partial charge in [0.25, 0.3) is 0 Å². The smallest absolute Gasteiger partial charge is 0.0120 e. The highest BCUT2D eigenvalue weighted by molar-refractivity contribution is 4.87. The summed E-state index contributed by atoms with van der Waals surface area (Å²) in [4.78, 5) is 2.46. The summed E-state index contributed by atoms with van der Waals surface area (Å²) >= 11 is 0. The van der Waals surface area contributed by atoms with Crippen molar-refractivity contribution in [3.63, 3.8) is 0 Å². The van der Waals surface area contributed by atoms with Crippen LogP contribution in [0.3, 0.4) is 0 Å². The standard InChI is InChI=1S/C12H25N3/c1-13-12(8-11-4-3-6-14-11)10-5-7-15(2)9-10/h10-14H,3-9H2,1-2H3. The lowest BCUT2D eigenvalue weighted by molar-refractivity contribution is 0.314. The normalized spacial score (nSPS) is 34.8. The third-order valence-electron chi connectivity index (χ3n) is 4.07. The van der Waals surface area contributed by atoms with Crippen LogP contribution in [0.15, 0.2) is 0 Å². The van der Waals surface area contributed by atoms with Gasteiger partial charge in [0.1, 0.15) is 0 Å². The summed E-state index contributed by atoms with van der Waals surface area (Å²) in [6, 6.07) is 1.49. The van der Waals surface area contributed by atoms with Crippen LogP contribution in [0.4, 0.5) is 0 Å². The molecule has 2 N–H and O–H groups in total. The van der Waals surface area contributed by atoms with Crippen LogP contribution >= 0.6 is 0 Å². The highest BCUT2D eigenvalue weighted by Gasteiger charge is 2.29. The molecule has 2 aliphatic rings. The molecule has 0 amide bonds. The topological polar surface area (TPSA) is 27.3 Å². The summed E-state index contributed by atoms with van der Waals surface area (Å²) in [5, 5.41) is 7.13. The SMILES string of the molecule is CNC(CC1CCCN1)C1CCN(C)C1. The van der Waals surface area contributed by atoms with Gasteiger partial charge in [0.15, 0.2) is 0 Å². The Balaban J connectivity index is 1.80. The molecule has 0 saturated carbocycles. The second kappa shape index (κ2) is 5.28. The molecule has 0 bridgehead atoms. The molecule has 0 radical (unpaired) electrons. The lowest BCUT2D eigenvalue weighted by Gasteiger charge is -2.26. The molecule has 2 rings (SSSR count). The van der Waals surface area contributed by atoms with Crippen molar-refractivity contribution in [2.24, 2.45) is 5.92 Å². The molecule has 2 saturated heterocycles. The number of nitrogens with one attached hydrogen (secondary N) is 2. The second-order valence-electron chi connectivity index (χ2n) is 5.24. The van der Waals surface area contributed by atoms with E-state index < -0.39 is 0 Å². The molecule has 2 fully saturated rings. The largest absolute Gasteiger partial charge is 0.317 e. The van der Waals surface area contributed by atoms with E-state index in [2.05, 4.69) is 29.6 Å². The molecule has 0 aliphatic carbocycles. The fourth-order valence-corrected chi connectivity index (χ4v) is 3.11. The Bertz CT molecular complexity index is 189. The van der Waals surface area contributed by atoms with Crippen LogP contribution in [-0.2, 0) is 0 Å². The third-order valence-corrected chi connectivity index (χ3v) is 4.07. The Morgan fingerprint density at radius 1 is 1.47 bits per heavy atom. The van der Waals surface area contributed by atoms with Gasteiger partial charge in [0.05, 0.1) is 0 Å². The molecule has 0 aromatic heterocycles. The number of hydrogen-bond acceptors (Lipinski definition) is 3. The molecule has 88 valence electrons. The Labute approximate surface area is 93.6 Å². The Morgan fingerprint density at radius 2 is 2.33 bits per heavy atom. The molecule has 3 atom stereocenters. The zero-order chi connectivity index (χ0) is 10.7. The van der Waals surface area contributed by atoms with Gasteiger partial charge in [-0.25, -0.2) is 0 Å². The van der Waals surface area contributed by atoms with E-state index in [0.29, 0.717) is 6.04 Å². The quantitative estimate of drug-likeness (QED) is 0.716. The molecular weight excluding hydrogens is 186 g/mol. The fraction of sp³-hybridized carbons (Fsp3) is 1.00. The number of hydrogen-bond donors (Lipinski definition) is 2. The van der Waals surface area contributed by atoms with E-state index in [1.807, 2.05) is 0 Å². The van der Waals surface area contributed by atoms with Crippen molar-refractivity contribution in [1.29, 1.82) is 0 Å². The Kier molecular flexibility index (Phi) is 4.00. The first-order valence-corrected chi connectivity index (χ1v) is 6.39. The van der Waals surface area contributed by atoms with Crippen molar-refractivity contribution in [2.75, 3.05) is 33.7 Å². The Hall–Kier alpha value is -0.120. The lowest BCUT2D eigenvalue weighted by Crippen LogP contribution is -2.40. The summed E-state index contributed by atoms with van der Waals surface area (Å²) in [5.41, 5.74) is 0. The molecular formula is C12H25N3. The van der Waals surface area contributed by atoms with Gasteiger partial charge in [-0.05, 0) is 58.8 Å². The molecule has 2 aliphatic heterocycles. The first-order chi connectivity index (χ1) is 7.29. The van der Waals surface area contributed by atoms with Crippen molar-refractivity contribution < 1.29 is 0 Å². The summed E-state index contributed by atoms with van der Waals surface area (Å²) in [6.07, 6.45) is 5.43. The number of likely N-dealkylation sites (tertiary alicyclic amines) is 1. The van der Waals surface area contributed by atoms with Crippen LogP contribution in [-0.4, -0.2) is 50.7 Å². The van der Waals surface area contributed by atoms with Crippen molar-refractivity contribution in [3.05, 3.63) is 0 Å². The second-order valence-corrected chi connectivity index (χ2v) is 5.24. The van der Waals surface area contributed by atoms with Gasteiger partial charge < -0.3 is 15.5 Å². The van der Waals surface area contributed by atoms with E-state index in [4.69, 9.17) is 0 Å². The van der Waals surface area contributed by atoms with E-state index in [9.17, 15) is 0 Å². The molecule has 0 aromatic rings. The Morgan fingerprint density at radius 3 is 2.87 bits per heavy atom. The zero-order valence-electron chi connectivity index (χ0n) is 10.1. The molecule has 15 heavy (non-hydrogen) atoms. The van der Waals surface area contributed by atoms with Crippen molar-refractivity contribution in [3.8, 4) is 0 Å². The van der Waals surface area contributed by atoms with E-state index in [0.717, 1.165) is 12.0 Å². The first-order valence-electron chi connectivity index (χ1n) is 6.39. The number of nitrogens with zero attached hydrogens (tertiary/aromatic N) is 1. The highest BCUT2D eigenvalue weighted by atomic mass is 15.1. The summed E-state index contributed by atoms with van der Waals surface area (Å²) in [5.74, 6) is 0.863. The van der Waals surface area contributed by atoms with E-state index in [1.165, 1.54) is 45.3 Å². The van der Waals surface area contributed by atoms with Gasteiger partial charge in [0, 0.05) is 18.6 Å². The minimum Gasteiger partial charge on any atom is -0.317 e. The average Bonchev–Trinajstić information content (AvgIpc) is 2.85. The maximum Gasteiger partial charge on any atom is 0.0120 e. The van der Waals surface area contributed by atoms with Crippen LogP contribution in [0.25, 0.3) is 0 Å². The van der Waals surface area contributed by atoms with E-state index >= 15 is 0 Å². The number of rotatable bonds is 4. The van der Waals surface area contributed by atoms with Crippen LogP contribution in [0.5, 0.6) is 0 Å². The van der Waals surface area contributed by atoms with Crippen molar-refractivity contribution in [2.45, 2.75) is 37.8 Å². The van der Waals surface area contributed by atoms with Crippen LogP contribution < -0.4 is 10.6 Å². The maximum atomic E-state index is 3.60. The van der Waals surface area contributed by atoms with Gasteiger partial charge in [-0.1, -0.05) is 0 Å². The van der Waals surface area contributed by atoms with Crippen LogP contribution in [0.2, 0.25) is 0 Å². The third kappa shape index (κ3) is 2.92. The van der Waals surface area contributed by atoms with Crippen molar-refractivity contribution in [1.82, 2.24) is 15.5 Å². The molecule has 3 nitrogen and oxygen atoms in total. The maximum absolute atomic E-state index is 3.60. The molecule has 0 spiro atoms. The van der Waals surface area contributed by atoms with Gasteiger partial charge in [-0.3, -0.25) is 0 Å².